The Labute approximate surface area is 85.2 Å². The molecule has 2 rings (SSSR count). The summed E-state index contributed by atoms with van der Waals surface area (Å²) in [6, 6.07) is 3.66. The molecule has 4 heteroatoms. The van der Waals surface area contributed by atoms with Gasteiger partial charge in [0.2, 0.25) is 0 Å². The number of hydrogen-bond donors (Lipinski definition) is 0. The van der Waals surface area contributed by atoms with Gasteiger partial charge >= 0.3 is 6.18 Å². The first-order chi connectivity index (χ1) is 6.98. The van der Waals surface area contributed by atoms with Crippen LogP contribution in [-0.2, 0) is 17.5 Å². The van der Waals surface area contributed by atoms with E-state index in [0.29, 0.717) is 12.2 Å². The molecule has 0 unspecified atom stereocenters. The summed E-state index contributed by atoms with van der Waals surface area (Å²) >= 11 is 0. The van der Waals surface area contributed by atoms with Crippen LogP contribution in [0.3, 0.4) is 0 Å². The molecule has 0 atom stereocenters. The third-order valence-electron chi connectivity index (χ3n) is 2.35. The predicted molar refractivity (Wildman–Crippen MR) is 50.1 cm³/mol. The fourth-order valence-corrected chi connectivity index (χ4v) is 1.60. The zero-order valence-electron chi connectivity index (χ0n) is 7.90. The Morgan fingerprint density at radius 3 is 2.60 bits per heavy atom. The van der Waals surface area contributed by atoms with E-state index in [4.69, 9.17) is 4.74 Å². The lowest BCUT2D eigenvalue weighted by Gasteiger charge is -2.20. The quantitative estimate of drug-likeness (QED) is 0.644. The highest BCUT2D eigenvalue weighted by atomic mass is 19.4. The van der Waals surface area contributed by atoms with Gasteiger partial charge in [0.15, 0.2) is 0 Å². The molecular weight excluding hydrogens is 205 g/mol. The van der Waals surface area contributed by atoms with Crippen LogP contribution in [0.4, 0.5) is 13.2 Å². The SMILES string of the molecule is C=C1COCc2cc(C(F)(F)F)ccc21. The highest BCUT2D eigenvalue weighted by molar-refractivity contribution is 5.68. The topological polar surface area (TPSA) is 9.23 Å². The molecule has 1 aromatic rings. The first-order valence-corrected chi connectivity index (χ1v) is 4.44. The second kappa shape index (κ2) is 3.38. The zero-order chi connectivity index (χ0) is 11.1. The standard InChI is InChI=1S/C11H9F3O/c1-7-5-15-6-8-4-9(11(12,13)14)2-3-10(7)8/h2-4H,1,5-6H2. The number of ether oxygens (including phenoxy) is 1. The maximum absolute atomic E-state index is 12.4. The summed E-state index contributed by atoms with van der Waals surface area (Å²) in [5.74, 6) is 0. The van der Waals surface area contributed by atoms with E-state index in [1.54, 1.807) is 0 Å². The molecular formula is C11H9F3O. The fourth-order valence-electron chi connectivity index (χ4n) is 1.60. The molecule has 1 nitrogen and oxygen atoms in total. The normalized spacial score (nSPS) is 16.3. The lowest BCUT2D eigenvalue weighted by atomic mass is 9.97. The minimum absolute atomic E-state index is 0.221. The van der Waals surface area contributed by atoms with Crippen molar-refractivity contribution < 1.29 is 17.9 Å². The molecule has 0 radical (unpaired) electrons. The van der Waals surface area contributed by atoms with Gasteiger partial charge in [0.05, 0.1) is 18.8 Å². The zero-order valence-corrected chi connectivity index (χ0v) is 7.90. The molecule has 0 aromatic heterocycles. The molecule has 0 spiro atoms. The van der Waals surface area contributed by atoms with Gasteiger partial charge in [-0.1, -0.05) is 12.6 Å². The Hall–Kier alpha value is -1.29. The Balaban J connectivity index is 2.46. The molecule has 15 heavy (non-hydrogen) atoms. The van der Waals surface area contributed by atoms with Crippen LogP contribution in [0, 0.1) is 0 Å². The van der Waals surface area contributed by atoms with Gasteiger partial charge < -0.3 is 4.74 Å². The lowest BCUT2D eigenvalue weighted by molar-refractivity contribution is -0.137. The van der Waals surface area contributed by atoms with Gasteiger partial charge in [-0.15, -0.1) is 0 Å². The maximum Gasteiger partial charge on any atom is 0.416 e. The van der Waals surface area contributed by atoms with Gasteiger partial charge in [0, 0.05) is 0 Å². The van der Waals surface area contributed by atoms with Crippen LogP contribution in [0.25, 0.3) is 5.57 Å². The molecule has 80 valence electrons. The number of fused-ring (bicyclic) bond motifs is 1. The van der Waals surface area contributed by atoms with Gasteiger partial charge in [-0.05, 0) is 28.8 Å². The number of rotatable bonds is 0. The van der Waals surface area contributed by atoms with Gasteiger partial charge in [0.25, 0.3) is 0 Å². The van der Waals surface area contributed by atoms with Crippen molar-refractivity contribution in [1.29, 1.82) is 0 Å². The van der Waals surface area contributed by atoms with Crippen LogP contribution in [0.5, 0.6) is 0 Å². The average molecular weight is 214 g/mol. The van der Waals surface area contributed by atoms with Crippen molar-refractivity contribution in [3.05, 3.63) is 41.5 Å². The Kier molecular flexibility index (Phi) is 2.31. The van der Waals surface area contributed by atoms with Gasteiger partial charge in [0.1, 0.15) is 0 Å². The maximum atomic E-state index is 12.4. The van der Waals surface area contributed by atoms with E-state index in [1.165, 1.54) is 6.07 Å². The molecule has 0 aliphatic carbocycles. The monoisotopic (exact) mass is 214 g/mol. The Bertz CT molecular complexity index is 407. The first kappa shape index (κ1) is 10.2. The molecule has 1 heterocycles. The lowest BCUT2D eigenvalue weighted by Crippen LogP contribution is -2.11. The van der Waals surface area contributed by atoms with Crippen LogP contribution in [0.15, 0.2) is 24.8 Å². The molecule has 0 bridgehead atoms. The van der Waals surface area contributed by atoms with E-state index >= 15 is 0 Å². The molecule has 0 N–H and O–H groups in total. The second-order valence-electron chi connectivity index (χ2n) is 3.47. The number of benzene rings is 1. The molecule has 0 fully saturated rings. The molecule has 1 aliphatic rings. The van der Waals surface area contributed by atoms with Crippen LogP contribution in [-0.4, -0.2) is 6.61 Å². The highest BCUT2D eigenvalue weighted by Crippen LogP contribution is 2.33. The smallest absolute Gasteiger partial charge is 0.372 e. The summed E-state index contributed by atoms with van der Waals surface area (Å²) in [6.07, 6.45) is -4.30. The van der Waals surface area contributed by atoms with Crippen molar-refractivity contribution in [2.45, 2.75) is 12.8 Å². The van der Waals surface area contributed by atoms with Crippen LogP contribution >= 0.6 is 0 Å². The average Bonchev–Trinajstić information content (AvgIpc) is 2.16. The summed E-state index contributed by atoms with van der Waals surface area (Å²) in [7, 11) is 0. The Morgan fingerprint density at radius 1 is 1.20 bits per heavy atom. The molecule has 0 amide bonds. The number of alkyl halides is 3. The first-order valence-electron chi connectivity index (χ1n) is 4.44. The summed E-state index contributed by atoms with van der Waals surface area (Å²) in [6.45, 7) is 4.35. The minimum atomic E-state index is -4.30. The molecule has 0 saturated carbocycles. The summed E-state index contributed by atoms with van der Waals surface area (Å²) in [5, 5.41) is 0. The second-order valence-corrected chi connectivity index (χ2v) is 3.47. The molecule has 0 saturated heterocycles. The summed E-state index contributed by atoms with van der Waals surface area (Å²) < 4.78 is 42.3. The van der Waals surface area contributed by atoms with E-state index in [0.717, 1.165) is 23.3 Å². The highest BCUT2D eigenvalue weighted by Gasteiger charge is 2.31. The summed E-state index contributed by atoms with van der Waals surface area (Å²) in [4.78, 5) is 0. The third-order valence-corrected chi connectivity index (χ3v) is 2.35. The van der Waals surface area contributed by atoms with Crippen molar-refractivity contribution in [3.8, 4) is 0 Å². The van der Waals surface area contributed by atoms with Gasteiger partial charge in [-0.2, -0.15) is 13.2 Å². The van der Waals surface area contributed by atoms with Crippen molar-refractivity contribution >= 4 is 5.57 Å². The van der Waals surface area contributed by atoms with E-state index in [9.17, 15) is 13.2 Å². The van der Waals surface area contributed by atoms with Crippen molar-refractivity contribution in [2.24, 2.45) is 0 Å². The van der Waals surface area contributed by atoms with Crippen molar-refractivity contribution in [1.82, 2.24) is 0 Å². The van der Waals surface area contributed by atoms with E-state index < -0.39 is 11.7 Å². The predicted octanol–water partition coefficient (Wildman–Crippen LogP) is 3.25. The van der Waals surface area contributed by atoms with E-state index in [2.05, 4.69) is 6.58 Å². The van der Waals surface area contributed by atoms with Gasteiger partial charge in [-0.3, -0.25) is 0 Å². The summed E-state index contributed by atoms with van der Waals surface area (Å²) in [5.41, 5.74) is 1.42. The molecule has 1 aliphatic heterocycles. The minimum Gasteiger partial charge on any atom is -0.372 e. The van der Waals surface area contributed by atoms with Crippen LogP contribution in [0.2, 0.25) is 0 Å². The fraction of sp³-hybridized carbons (Fsp3) is 0.273. The van der Waals surface area contributed by atoms with E-state index in [1.807, 2.05) is 0 Å². The number of hydrogen-bond acceptors (Lipinski definition) is 1. The van der Waals surface area contributed by atoms with Crippen molar-refractivity contribution in [3.63, 3.8) is 0 Å². The van der Waals surface area contributed by atoms with E-state index in [-0.39, 0.29) is 6.61 Å². The number of halogens is 3. The Morgan fingerprint density at radius 2 is 1.93 bits per heavy atom. The van der Waals surface area contributed by atoms with Crippen molar-refractivity contribution in [2.75, 3.05) is 6.61 Å². The van der Waals surface area contributed by atoms with Crippen LogP contribution < -0.4 is 0 Å². The largest absolute Gasteiger partial charge is 0.416 e. The van der Waals surface area contributed by atoms with Crippen LogP contribution in [0.1, 0.15) is 16.7 Å². The molecule has 1 aromatic carbocycles. The van der Waals surface area contributed by atoms with Gasteiger partial charge in [-0.25, -0.2) is 0 Å². The third kappa shape index (κ3) is 1.90.